The van der Waals surface area contributed by atoms with E-state index in [4.69, 9.17) is 9.15 Å². The second-order valence-corrected chi connectivity index (χ2v) is 9.52. The van der Waals surface area contributed by atoms with Gasteiger partial charge in [-0.05, 0) is 79.7 Å². The first-order valence-electron chi connectivity index (χ1n) is 11.8. The van der Waals surface area contributed by atoms with E-state index in [0.29, 0.717) is 5.76 Å². The molecular weight excluding hydrogens is 412 g/mol. The number of benzene rings is 2. The summed E-state index contributed by atoms with van der Waals surface area (Å²) < 4.78 is 11.5. The summed E-state index contributed by atoms with van der Waals surface area (Å²) in [5.74, 6) is 0.123. The largest absolute Gasteiger partial charge is 0.459 e. The Morgan fingerprint density at radius 1 is 1.09 bits per heavy atom. The lowest BCUT2D eigenvalue weighted by Gasteiger charge is -2.44. The Kier molecular flexibility index (Phi) is 5.85. The molecule has 1 amide bonds. The predicted molar refractivity (Wildman–Crippen MR) is 128 cm³/mol. The highest BCUT2D eigenvalue weighted by molar-refractivity contribution is 5.91. The molecule has 172 valence electrons. The zero-order valence-electron chi connectivity index (χ0n) is 19.6. The van der Waals surface area contributed by atoms with E-state index in [-0.39, 0.29) is 23.5 Å². The molecule has 0 saturated carbocycles. The predicted octanol–water partition coefficient (Wildman–Crippen LogP) is 4.93. The van der Waals surface area contributed by atoms with Crippen LogP contribution in [0.2, 0.25) is 0 Å². The minimum Gasteiger partial charge on any atom is -0.459 e. The Morgan fingerprint density at radius 3 is 2.58 bits per heavy atom. The van der Waals surface area contributed by atoms with Crippen molar-refractivity contribution < 1.29 is 13.9 Å². The number of nitrogens with zero attached hydrogens (tertiary/aromatic N) is 1. The molecule has 1 aliphatic heterocycles. The Hall–Kier alpha value is -2.89. The summed E-state index contributed by atoms with van der Waals surface area (Å²) >= 11 is 0. The van der Waals surface area contributed by atoms with E-state index in [1.807, 2.05) is 6.07 Å². The van der Waals surface area contributed by atoms with Crippen molar-refractivity contribution in [1.29, 1.82) is 0 Å². The number of hydrogen-bond donors (Lipinski definition) is 1. The van der Waals surface area contributed by atoms with Gasteiger partial charge in [0.15, 0.2) is 5.76 Å². The van der Waals surface area contributed by atoms with Crippen molar-refractivity contribution in [3.63, 3.8) is 0 Å². The van der Waals surface area contributed by atoms with Crippen LogP contribution in [0.5, 0.6) is 0 Å². The van der Waals surface area contributed by atoms with Gasteiger partial charge in [-0.1, -0.05) is 42.5 Å². The average molecular weight is 445 g/mol. The molecule has 2 atom stereocenters. The highest BCUT2D eigenvalue weighted by Crippen LogP contribution is 2.52. The molecule has 1 N–H and O–H groups in total. The van der Waals surface area contributed by atoms with Crippen molar-refractivity contribution in [2.75, 3.05) is 20.2 Å². The molecule has 3 aromatic rings. The van der Waals surface area contributed by atoms with Crippen LogP contribution in [0.25, 0.3) is 0 Å². The first-order chi connectivity index (χ1) is 16.0. The molecule has 0 radical (unpaired) electrons. The van der Waals surface area contributed by atoms with Crippen LogP contribution in [-0.2, 0) is 16.7 Å². The highest BCUT2D eigenvalue weighted by Gasteiger charge is 2.54. The molecule has 1 aliphatic carbocycles. The van der Waals surface area contributed by atoms with Crippen molar-refractivity contribution >= 4 is 5.91 Å². The number of carbonyl (C=O) groups is 1. The van der Waals surface area contributed by atoms with E-state index in [9.17, 15) is 4.79 Å². The molecule has 1 fully saturated rings. The van der Waals surface area contributed by atoms with Gasteiger partial charge < -0.3 is 14.5 Å². The van der Waals surface area contributed by atoms with Crippen molar-refractivity contribution in [3.8, 4) is 0 Å². The SMILES string of the molecule is CO[C@@H]1[C@@H](NC(=O)c2ccco2)c2ccccc2C12CCN(Cc1ccc(C)c(C)c1)CC2. The van der Waals surface area contributed by atoms with Gasteiger partial charge in [-0.2, -0.15) is 0 Å². The molecule has 2 aliphatic rings. The molecular formula is C28H32N2O3. The second kappa shape index (κ2) is 8.81. The zero-order valence-corrected chi connectivity index (χ0v) is 19.6. The quantitative estimate of drug-likeness (QED) is 0.606. The third-order valence-electron chi connectivity index (χ3n) is 7.69. The summed E-state index contributed by atoms with van der Waals surface area (Å²) in [5, 5.41) is 3.20. The monoisotopic (exact) mass is 444 g/mol. The van der Waals surface area contributed by atoms with Crippen molar-refractivity contribution in [1.82, 2.24) is 10.2 Å². The van der Waals surface area contributed by atoms with Crippen LogP contribution in [0.1, 0.15) is 57.3 Å². The summed E-state index contributed by atoms with van der Waals surface area (Å²) in [6.07, 6.45) is 3.41. The maximum atomic E-state index is 12.8. The van der Waals surface area contributed by atoms with Crippen molar-refractivity contribution in [2.24, 2.45) is 0 Å². The number of furan rings is 1. The lowest BCUT2D eigenvalue weighted by atomic mass is 9.71. The van der Waals surface area contributed by atoms with Crippen LogP contribution in [0.15, 0.2) is 65.3 Å². The van der Waals surface area contributed by atoms with E-state index < -0.39 is 0 Å². The summed E-state index contributed by atoms with van der Waals surface area (Å²) in [6.45, 7) is 7.31. The molecule has 1 saturated heterocycles. The number of likely N-dealkylation sites (tertiary alicyclic amines) is 1. The minimum absolute atomic E-state index is 0.105. The fraction of sp³-hybridized carbons (Fsp3) is 0.393. The van der Waals surface area contributed by atoms with Crippen molar-refractivity contribution in [3.05, 3.63) is 94.4 Å². The Balaban J connectivity index is 1.37. The number of rotatable bonds is 5. The summed E-state index contributed by atoms with van der Waals surface area (Å²) in [6, 6.07) is 18.5. The number of nitrogens with one attached hydrogen (secondary N) is 1. The van der Waals surface area contributed by atoms with E-state index in [1.165, 1.54) is 28.5 Å². The first kappa shape index (κ1) is 21.9. The number of fused-ring (bicyclic) bond motifs is 2. The lowest BCUT2D eigenvalue weighted by Crippen LogP contribution is -2.50. The van der Waals surface area contributed by atoms with Crippen LogP contribution in [-0.4, -0.2) is 37.1 Å². The maximum Gasteiger partial charge on any atom is 0.287 e. The maximum absolute atomic E-state index is 12.8. The standard InChI is InChI=1S/C28H32N2O3/c1-19-10-11-21(17-20(19)2)18-30-14-12-28(13-15-30)23-8-5-4-7-22(23)25(26(28)32-3)29-27(31)24-9-6-16-33-24/h4-11,16-17,25-26H,12-15,18H2,1-3H3,(H,29,31)/t25-,26+/m0/s1. The molecule has 5 nitrogen and oxygen atoms in total. The third-order valence-corrected chi connectivity index (χ3v) is 7.69. The van der Waals surface area contributed by atoms with Gasteiger partial charge in [0.05, 0.1) is 18.4 Å². The van der Waals surface area contributed by atoms with Crippen LogP contribution < -0.4 is 5.32 Å². The minimum atomic E-state index is -0.203. The van der Waals surface area contributed by atoms with Crippen LogP contribution in [0.3, 0.4) is 0 Å². The average Bonchev–Trinajstić information content (AvgIpc) is 3.45. The number of ether oxygens (including phenoxy) is 1. The lowest BCUT2D eigenvalue weighted by molar-refractivity contribution is -0.0124. The first-order valence-corrected chi connectivity index (χ1v) is 11.8. The van der Waals surface area contributed by atoms with Crippen LogP contribution in [0, 0.1) is 13.8 Å². The molecule has 1 aromatic heterocycles. The molecule has 2 aromatic carbocycles. The number of piperidine rings is 1. The summed E-state index contributed by atoms with van der Waals surface area (Å²) in [7, 11) is 1.77. The smallest absolute Gasteiger partial charge is 0.287 e. The molecule has 5 rings (SSSR count). The van der Waals surface area contributed by atoms with E-state index in [0.717, 1.165) is 38.0 Å². The fourth-order valence-corrected chi connectivity index (χ4v) is 5.82. The van der Waals surface area contributed by atoms with E-state index in [1.54, 1.807) is 19.2 Å². The molecule has 33 heavy (non-hydrogen) atoms. The fourth-order valence-electron chi connectivity index (χ4n) is 5.82. The Labute approximate surface area is 195 Å². The normalized spacial score (nSPS) is 21.8. The van der Waals surface area contributed by atoms with E-state index >= 15 is 0 Å². The molecule has 0 unspecified atom stereocenters. The topological polar surface area (TPSA) is 54.7 Å². The van der Waals surface area contributed by atoms with Crippen LogP contribution >= 0.6 is 0 Å². The summed E-state index contributed by atoms with van der Waals surface area (Å²) in [5.41, 5.74) is 6.42. The second-order valence-electron chi connectivity index (χ2n) is 9.52. The number of aryl methyl sites for hydroxylation is 2. The molecule has 5 heteroatoms. The number of hydrogen-bond acceptors (Lipinski definition) is 4. The van der Waals surface area contributed by atoms with Gasteiger partial charge in [-0.3, -0.25) is 9.69 Å². The molecule has 2 heterocycles. The zero-order chi connectivity index (χ0) is 23.0. The number of methoxy groups -OCH3 is 1. The Morgan fingerprint density at radius 2 is 1.88 bits per heavy atom. The van der Waals surface area contributed by atoms with Gasteiger partial charge in [0.2, 0.25) is 0 Å². The van der Waals surface area contributed by atoms with Gasteiger partial charge in [0, 0.05) is 19.1 Å². The third kappa shape index (κ3) is 3.90. The van der Waals surface area contributed by atoms with Gasteiger partial charge in [0.1, 0.15) is 0 Å². The van der Waals surface area contributed by atoms with Gasteiger partial charge >= 0.3 is 0 Å². The van der Waals surface area contributed by atoms with Gasteiger partial charge in [-0.25, -0.2) is 0 Å². The molecule has 0 bridgehead atoms. The number of amides is 1. The number of carbonyl (C=O) groups excluding carboxylic acids is 1. The van der Waals surface area contributed by atoms with Gasteiger partial charge in [0.25, 0.3) is 5.91 Å². The van der Waals surface area contributed by atoms with Crippen molar-refractivity contribution in [2.45, 2.75) is 50.8 Å². The van der Waals surface area contributed by atoms with Gasteiger partial charge in [-0.15, -0.1) is 0 Å². The highest BCUT2D eigenvalue weighted by atomic mass is 16.5. The van der Waals surface area contributed by atoms with Crippen LogP contribution in [0.4, 0.5) is 0 Å². The summed E-state index contributed by atoms with van der Waals surface area (Å²) in [4.78, 5) is 15.4. The molecule has 1 spiro atoms. The van der Waals surface area contributed by atoms with E-state index in [2.05, 4.69) is 60.5 Å². The Bertz CT molecular complexity index is 1130.